The number of aryl methyl sites for hydroxylation is 2. The van der Waals surface area contributed by atoms with Crippen molar-refractivity contribution in [2.24, 2.45) is 5.10 Å². The van der Waals surface area contributed by atoms with Gasteiger partial charge in [-0.1, -0.05) is 12.1 Å². The van der Waals surface area contributed by atoms with Crippen LogP contribution >= 0.6 is 11.3 Å². The quantitative estimate of drug-likeness (QED) is 0.372. The zero-order chi connectivity index (χ0) is 19.3. The van der Waals surface area contributed by atoms with Gasteiger partial charge in [0.2, 0.25) is 0 Å². The van der Waals surface area contributed by atoms with Crippen LogP contribution in [0, 0.1) is 13.8 Å². The third-order valence-corrected chi connectivity index (χ3v) is 5.12. The lowest BCUT2D eigenvalue weighted by Crippen LogP contribution is -1.94. The van der Waals surface area contributed by atoms with E-state index in [9.17, 15) is 0 Å². The van der Waals surface area contributed by atoms with Gasteiger partial charge in [-0.2, -0.15) is 5.10 Å². The van der Waals surface area contributed by atoms with Crippen molar-refractivity contribution in [3.63, 3.8) is 0 Å². The third kappa shape index (κ3) is 4.29. The summed E-state index contributed by atoms with van der Waals surface area (Å²) in [5.41, 5.74) is 9.11. The number of nitrogens with zero attached hydrogens (tertiary/aromatic N) is 4. The lowest BCUT2D eigenvalue weighted by Gasteiger charge is -2.03. The minimum absolute atomic E-state index is 0.783. The van der Waals surface area contributed by atoms with Crippen LogP contribution in [0.2, 0.25) is 0 Å². The van der Waals surface area contributed by atoms with Gasteiger partial charge >= 0.3 is 0 Å². The summed E-state index contributed by atoms with van der Waals surface area (Å²) < 4.78 is 0. The molecule has 0 amide bonds. The molecule has 28 heavy (non-hydrogen) atoms. The van der Waals surface area contributed by atoms with E-state index in [1.807, 2.05) is 42.7 Å². The highest BCUT2D eigenvalue weighted by Crippen LogP contribution is 2.30. The first-order valence-corrected chi connectivity index (χ1v) is 9.70. The lowest BCUT2D eigenvalue weighted by molar-refractivity contribution is 1.27. The van der Waals surface area contributed by atoms with Crippen molar-refractivity contribution in [3.05, 3.63) is 83.9 Å². The van der Waals surface area contributed by atoms with Gasteiger partial charge in [0.05, 0.1) is 28.2 Å². The van der Waals surface area contributed by atoms with Gasteiger partial charge in [-0.05, 0) is 61.4 Å². The molecule has 0 aliphatic heterocycles. The topological polar surface area (TPSA) is 63.1 Å². The number of pyridine rings is 2. The third-order valence-electron chi connectivity index (χ3n) is 4.05. The zero-order valence-corrected chi connectivity index (χ0v) is 16.4. The molecule has 3 heterocycles. The van der Waals surface area contributed by atoms with E-state index >= 15 is 0 Å². The first-order valence-electron chi connectivity index (χ1n) is 8.88. The molecule has 0 spiro atoms. The van der Waals surface area contributed by atoms with Gasteiger partial charge in [0, 0.05) is 24.2 Å². The molecule has 0 aliphatic rings. The molecule has 0 saturated heterocycles. The van der Waals surface area contributed by atoms with Crippen molar-refractivity contribution in [1.29, 1.82) is 0 Å². The minimum Gasteiger partial charge on any atom is -0.278 e. The SMILES string of the molecule is Cc1cc(C)cc(N/N=C/c2cccc(-c3cnc(-c4cccnc4)s3)n2)c1. The highest BCUT2D eigenvalue weighted by molar-refractivity contribution is 7.18. The van der Waals surface area contributed by atoms with Crippen LogP contribution in [0.5, 0.6) is 0 Å². The van der Waals surface area contributed by atoms with Crippen LogP contribution in [0.25, 0.3) is 21.1 Å². The Morgan fingerprint density at radius 1 is 1.00 bits per heavy atom. The standard InChI is InChI=1S/C22H19N5S/c1-15-9-16(2)11-19(10-15)27-25-13-18-6-3-7-20(26-18)21-14-24-22(28-21)17-5-4-8-23-12-17/h3-14,27H,1-2H3/b25-13+. The monoisotopic (exact) mass is 385 g/mol. The van der Waals surface area contributed by atoms with Crippen LogP contribution in [0.15, 0.2) is 72.2 Å². The van der Waals surface area contributed by atoms with E-state index in [0.29, 0.717) is 0 Å². The van der Waals surface area contributed by atoms with Crippen molar-refractivity contribution in [2.45, 2.75) is 13.8 Å². The molecule has 4 aromatic rings. The van der Waals surface area contributed by atoms with E-state index in [0.717, 1.165) is 32.5 Å². The van der Waals surface area contributed by atoms with Crippen molar-refractivity contribution < 1.29 is 0 Å². The molecule has 0 radical (unpaired) electrons. The molecule has 3 aromatic heterocycles. The normalized spacial score (nSPS) is 11.1. The van der Waals surface area contributed by atoms with Gasteiger partial charge in [0.15, 0.2) is 0 Å². The van der Waals surface area contributed by atoms with Crippen LogP contribution in [-0.4, -0.2) is 21.2 Å². The van der Waals surface area contributed by atoms with Gasteiger partial charge < -0.3 is 0 Å². The van der Waals surface area contributed by atoms with E-state index in [1.165, 1.54) is 11.1 Å². The van der Waals surface area contributed by atoms with Gasteiger partial charge in [0.1, 0.15) is 5.01 Å². The average Bonchev–Trinajstić information content (AvgIpc) is 3.19. The Morgan fingerprint density at radius 3 is 2.64 bits per heavy atom. The Bertz CT molecular complexity index is 1100. The predicted molar refractivity (Wildman–Crippen MR) is 116 cm³/mol. The Kier molecular flexibility index (Phi) is 5.21. The van der Waals surface area contributed by atoms with Crippen molar-refractivity contribution in [3.8, 4) is 21.1 Å². The van der Waals surface area contributed by atoms with E-state index in [4.69, 9.17) is 0 Å². The van der Waals surface area contributed by atoms with Crippen LogP contribution < -0.4 is 5.43 Å². The Balaban J connectivity index is 1.51. The summed E-state index contributed by atoms with van der Waals surface area (Å²) in [6, 6.07) is 16.1. The number of thiazole rings is 1. The summed E-state index contributed by atoms with van der Waals surface area (Å²) >= 11 is 1.60. The Labute approximate surface area is 167 Å². The molecule has 6 heteroatoms. The minimum atomic E-state index is 0.783. The summed E-state index contributed by atoms with van der Waals surface area (Å²) in [6.07, 6.45) is 7.15. The molecule has 0 saturated carbocycles. The zero-order valence-electron chi connectivity index (χ0n) is 15.6. The van der Waals surface area contributed by atoms with Crippen LogP contribution in [0.1, 0.15) is 16.8 Å². The number of hydrogen-bond acceptors (Lipinski definition) is 6. The number of anilines is 1. The van der Waals surface area contributed by atoms with E-state index < -0.39 is 0 Å². The fourth-order valence-electron chi connectivity index (χ4n) is 2.89. The maximum atomic E-state index is 4.68. The molecule has 5 nitrogen and oxygen atoms in total. The highest BCUT2D eigenvalue weighted by Gasteiger charge is 2.08. The second kappa shape index (κ2) is 8.10. The Morgan fingerprint density at radius 2 is 1.86 bits per heavy atom. The van der Waals surface area contributed by atoms with Gasteiger partial charge in [0.25, 0.3) is 0 Å². The van der Waals surface area contributed by atoms with Gasteiger partial charge in [-0.3, -0.25) is 10.4 Å². The lowest BCUT2D eigenvalue weighted by atomic mass is 10.1. The molecule has 138 valence electrons. The molecule has 0 aliphatic carbocycles. The molecular weight excluding hydrogens is 366 g/mol. The van der Waals surface area contributed by atoms with E-state index in [2.05, 4.69) is 57.5 Å². The second-order valence-electron chi connectivity index (χ2n) is 6.47. The number of benzene rings is 1. The first kappa shape index (κ1) is 18.0. The van der Waals surface area contributed by atoms with E-state index in [1.54, 1.807) is 23.7 Å². The fourth-order valence-corrected chi connectivity index (χ4v) is 3.76. The maximum Gasteiger partial charge on any atom is 0.125 e. The number of nitrogens with one attached hydrogen (secondary N) is 1. The molecule has 1 aromatic carbocycles. The second-order valence-corrected chi connectivity index (χ2v) is 7.50. The van der Waals surface area contributed by atoms with Crippen molar-refractivity contribution in [1.82, 2.24) is 15.0 Å². The van der Waals surface area contributed by atoms with E-state index in [-0.39, 0.29) is 0 Å². The van der Waals surface area contributed by atoms with Crippen LogP contribution in [0.4, 0.5) is 5.69 Å². The molecule has 0 bridgehead atoms. The molecule has 0 atom stereocenters. The summed E-state index contributed by atoms with van der Waals surface area (Å²) in [6.45, 7) is 4.14. The first-order chi connectivity index (χ1) is 13.7. The number of aromatic nitrogens is 3. The largest absolute Gasteiger partial charge is 0.278 e. The molecule has 0 fully saturated rings. The number of hydrogen-bond donors (Lipinski definition) is 1. The smallest absolute Gasteiger partial charge is 0.125 e. The molecule has 1 N–H and O–H groups in total. The van der Waals surface area contributed by atoms with Crippen molar-refractivity contribution >= 4 is 23.2 Å². The molecular formula is C22H19N5S. The van der Waals surface area contributed by atoms with Crippen LogP contribution in [-0.2, 0) is 0 Å². The fraction of sp³-hybridized carbons (Fsp3) is 0.0909. The van der Waals surface area contributed by atoms with Gasteiger partial charge in [-0.25, -0.2) is 9.97 Å². The molecule has 4 rings (SSSR count). The summed E-state index contributed by atoms with van der Waals surface area (Å²) in [5, 5.41) is 5.25. The summed E-state index contributed by atoms with van der Waals surface area (Å²) in [5.74, 6) is 0. The molecule has 0 unspecified atom stereocenters. The highest BCUT2D eigenvalue weighted by atomic mass is 32.1. The number of hydrazone groups is 1. The number of rotatable bonds is 5. The van der Waals surface area contributed by atoms with Gasteiger partial charge in [-0.15, -0.1) is 11.3 Å². The predicted octanol–water partition coefficient (Wildman–Crippen LogP) is 5.33. The summed E-state index contributed by atoms with van der Waals surface area (Å²) in [7, 11) is 0. The Hall–Kier alpha value is -3.38. The average molecular weight is 385 g/mol. The van der Waals surface area contributed by atoms with Crippen LogP contribution in [0.3, 0.4) is 0 Å². The summed E-state index contributed by atoms with van der Waals surface area (Å²) in [4.78, 5) is 14.3. The van der Waals surface area contributed by atoms with Crippen molar-refractivity contribution in [2.75, 3.05) is 5.43 Å². The maximum absolute atomic E-state index is 4.68.